The lowest BCUT2D eigenvalue weighted by molar-refractivity contribution is 0.462. The van der Waals surface area contributed by atoms with E-state index >= 15 is 0 Å². The first-order chi connectivity index (χ1) is 12.3. The van der Waals surface area contributed by atoms with Gasteiger partial charge in [-0.25, -0.2) is 4.98 Å². The van der Waals surface area contributed by atoms with E-state index in [9.17, 15) is 0 Å². The molecular formula is C20H21N5. The Balaban J connectivity index is 1.73. The molecule has 1 aliphatic rings. The Morgan fingerprint density at radius 1 is 1.12 bits per heavy atom. The van der Waals surface area contributed by atoms with Crippen LogP contribution in [0.4, 0.5) is 0 Å². The van der Waals surface area contributed by atoms with Crippen LogP contribution >= 0.6 is 0 Å². The normalized spacial score (nSPS) is 16.0. The van der Waals surface area contributed by atoms with Crippen molar-refractivity contribution in [2.24, 2.45) is 7.05 Å². The number of hydrogen-bond donors (Lipinski definition) is 2. The highest BCUT2D eigenvalue weighted by molar-refractivity contribution is 6.07. The van der Waals surface area contributed by atoms with Crippen LogP contribution in [-0.2, 0) is 7.05 Å². The standard InChI is InChI=1S/C20H21N5/c1-25-12-16(10-24-25)14-2-3-15-9-22-20-19(17(15)8-14)18(11-23-20)13-4-6-21-7-5-13/h2-3,8-13,21H,4-7H2,1H3,(H,22,23). The summed E-state index contributed by atoms with van der Waals surface area (Å²) in [5, 5.41) is 11.5. The second-order valence-electron chi connectivity index (χ2n) is 6.95. The van der Waals surface area contributed by atoms with Gasteiger partial charge in [0.25, 0.3) is 0 Å². The van der Waals surface area contributed by atoms with E-state index in [1.54, 1.807) is 0 Å². The maximum atomic E-state index is 4.64. The highest BCUT2D eigenvalue weighted by atomic mass is 15.2. The number of rotatable bonds is 2. The molecule has 5 nitrogen and oxygen atoms in total. The topological polar surface area (TPSA) is 58.5 Å². The maximum Gasteiger partial charge on any atom is 0.138 e. The predicted molar refractivity (Wildman–Crippen MR) is 101 cm³/mol. The van der Waals surface area contributed by atoms with Crippen LogP contribution in [0.25, 0.3) is 32.9 Å². The largest absolute Gasteiger partial charge is 0.346 e. The summed E-state index contributed by atoms with van der Waals surface area (Å²) < 4.78 is 1.85. The molecule has 4 aromatic rings. The van der Waals surface area contributed by atoms with Gasteiger partial charge in [0.15, 0.2) is 0 Å². The summed E-state index contributed by atoms with van der Waals surface area (Å²) in [6, 6.07) is 6.61. The molecule has 0 bridgehead atoms. The zero-order chi connectivity index (χ0) is 16.8. The van der Waals surface area contributed by atoms with Crippen molar-refractivity contribution in [1.82, 2.24) is 25.1 Å². The average Bonchev–Trinajstić information content (AvgIpc) is 3.28. The Morgan fingerprint density at radius 3 is 2.80 bits per heavy atom. The second-order valence-corrected chi connectivity index (χ2v) is 6.95. The van der Waals surface area contributed by atoms with Crippen molar-refractivity contribution in [3.05, 3.63) is 48.5 Å². The van der Waals surface area contributed by atoms with Crippen molar-refractivity contribution in [3.8, 4) is 11.1 Å². The van der Waals surface area contributed by atoms with Crippen LogP contribution in [-0.4, -0.2) is 32.8 Å². The molecule has 0 unspecified atom stereocenters. The van der Waals surface area contributed by atoms with E-state index < -0.39 is 0 Å². The summed E-state index contributed by atoms with van der Waals surface area (Å²) in [4.78, 5) is 8.04. The number of aryl methyl sites for hydroxylation is 1. The molecule has 1 fully saturated rings. The highest BCUT2D eigenvalue weighted by Crippen LogP contribution is 2.36. The molecule has 0 atom stereocenters. The van der Waals surface area contributed by atoms with E-state index in [-0.39, 0.29) is 0 Å². The van der Waals surface area contributed by atoms with E-state index in [1.807, 2.05) is 24.1 Å². The Morgan fingerprint density at radius 2 is 2.00 bits per heavy atom. The molecule has 0 spiro atoms. The molecule has 0 amide bonds. The van der Waals surface area contributed by atoms with Gasteiger partial charge in [0.2, 0.25) is 0 Å². The van der Waals surface area contributed by atoms with Crippen LogP contribution in [0.3, 0.4) is 0 Å². The number of benzene rings is 1. The van der Waals surface area contributed by atoms with Gasteiger partial charge in [-0.1, -0.05) is 12.1 Å². The van der Waals surface area contributed by atoms with Crippen molar-refractivity contribution in [3.63, 3.8) is 0 Å². The maximum absolute atomic E-state index is 4.64. The summed E-state index contributed by atoms with van der Waals surface area (Å²) in [7, 11) is 1.95. The fourth-order valence-electron chi connectivity index (χ4n) is 4.04. The Kier molecular flexibility index (Phi) is 3.35. The molecule has 4 heterocycles. The molecule has 5 heteroatoms. The first-order valence-electron chi connectivity index (χ1n) is 8.89. The number of fused-ring (bicyclic) bond motifs is 3. The van der Waals surface area contributed by atoms with E-state index in [0.29, 0.717) is 5.92 Å². The molecule has 126 valence electrons. The Labute approximate surface area is 146 Å². The zero-order valence-corrected chi connectivity index (χ0v) is 14.3. The number of pyridine rings is 1. The highest BCUT2D eigenvalue weighted by Gasteiger charge is 2.20. The number of piperidine rings is 1. The van der Waals surface area contributed by atoms with Crippen LogP contribution in [0.15, 0.2) is 43.0 Å². The summed E-state index contributed by atoms with van der Waals surface area (Å²) >= 11 is 0. The summed E-state index contributed by atoms with van der Waals surface area (Å²) in [6.07, 6.45) is 10.5. The molecule has 1 aliphatic heterocycles. The molecule has 5 rings (SSSR count). The summed E-state index contributed by atoms with van der Waals surface area (Å²) in [5.74, 6) is 0.601. The Hall–Kier alpha value is -2.66. The van der Waals surface area contributed by atoms with Gasteiger partial charge in [0, 0.05) is 42.0 Å². The van der Waals surface area contributed by atoms with E-state index in [1.165, 1.54) is 40.1 Å². The van der Waals surface area contributed by atoms with Crippen LogP contribution in [0.2, 0.25) is 0 Å². The molecule has 1 aromatic carbocycles. The molecule has 0 saturated carbocycles. The fourth-order valence-corrected chi connectivity index (χ4v) is 4.04. The fraction of sp³-hybridized carbons (Fsp3) is 0.300. The van der Waals surface area contributed by atoms with Gasteiger partial charge in [0.1, 0.15) is 5.65 Å². The smallest absolute Gasteiger partial charge is 0.138 e. The van der Waals surface area contributed by atoms with Gasteiger partial charge in [-0.15, -0.1) is 0 Å². The Bertz CT molecular complexity index is 1050. The van der Waals surface area contributed by atoms with Crippen molar-refractivity contribution in [1.29, 1.82) is 0 Å². The van der Waals surface area contributed by atoms with Gasteiger partial charge in [0.05, 0.1) is 6.20 Å². The lowest BCUT2D eigenvalue weighted by Crippen LogP contribution is -2.26. The number of aromatic amines is 1. The van der Waals surface area contributed by atoms with E-state index in [0.717, 1.165) is 24.3 Å². The molecule has 3 aromatic heterocycles. The van der Waals surface area contributed by atoms with Gasteiger partial charge in [-0.2, -0.15) is 5.10 Å². The van der Waals surface area contributed by atoms with E-state index in [2.05, 4.69) is 51.0 Å². The van der Waals surface area contributed by atoms with Crippen molar-refractivity contribution < 1.29 is 0 Å². The number of nitrogens with zero attached hydrogens (tertiary/aromatic N) is 3. The van der Waals surface area contributed by atoms with Crippen molar-refractivity contribution in [2.75, 3.05) is 13.1 Å². The third kappa shape index (κ3) is 2.43. The number of H-pyrrole nitrogens is 1. The molecule has 0 aliphatic carbocycles. The number of nitrogens with one attached hydrogen (secondary N) is 2. The predicted octanol–water partition coefficient (Wildman–Crippen LogP) is 3.58. The first-order valence-corrected chi connectivity index (χ1v) is 8.89. The minimum atomic E-state index is 0.601. The first kappa shape index (κ1) is 14.7. The zero-order valence-electron chi connectivity index (χ0n) is 14.3. The van der Waals surface area contributed by atoms with Crippen LogP contribution < -0.4 is 5.32 Å². The number of hydrogen-bond acceptors (Lipinski definition) is 3. The SMILES string of the molecule is Cn1cc(-c2ccc3cnc4[nH]cc(C5CCNCC5)c4c3c2)cn1. The summed E-state index contributed by atoms with van der Waals surface area (Å²) in [6.45, 7) is 2.19. The van der Waals surface area contributed by atoms with Gasteiger partial charge in [-0.3, -0.25) is 4.68 Å². The lowest BCUT2D eigenvalue weighted by atomic mass is 9.89. The van der Waals surface area contributed by atoms with Crippen molar-refractivity contribution >= 4 is 21.8 Å². The van der Waals surface area contributed by atoms with Crippen LogP contribution in [0, 0.1) is 0 Å². The number of aromatic nitrogens is 4. The molecule has 1 saturated heterocycles. The van der Waals surface area contributed by atoms with E-state index in [4.69, 9.17) is 0 Å². The quantitative estimate of drug-likeness (QED) is 0.590. The molecule has 0 radical (unpaired) electrons. The lowest BCUT2D eigenvalue weighted by Gasteiger charge is -2.22. The second kappa shape index (κ2) is 5.70. The van der Waals surface area contributed by atoms with Crippen molar-refractivity contribution in [2.45, 2.75) is 18.8 Å². The minimum Gasteiger partial charge on any atom is -0.346 e. The monoisotopic (exact) mass is 331 g/mol. The minimum absolute atomic E-state index is 0.601. The third-order valence-corrected chi connectivity index (χ3v) is 5.36. The van der Waals surface area contributed by atoms with Crippen LogP contribution in [0.1, 0.15) is 24.3 Å². The van der Waals surface area contributed by atoms with Gasteiger partial charge in [-0.05, 0) is 54.4 Å². The third-order valence-electron chi connectivity index (χ3n) is 5.36. The van der Waals surface area contributed by atoms with Gasteiger partial charge < -0.3 is 10.3 Å². The summed E-state index contributed by atoms with van der Waals surface area (Å²) in [5.41, 5.74) is 4.75. The molecule has 2 N–H and O–H groups in total. The molecular weight excluding hydrogens is 310 g/mol. The van der Waals surface area contributed by atoms with Crippen LogP contribution in [0.5, 0.6) is 0 Å². The molecule has 25 heavy (non-hydrogen) atoms. The van der Waals surface area contributed by atoms with Gasteiger partial charge >= 0.3 is 0 Å². The average molecular weight is 331 g/mol.